The van der Waals surface area contributed by atoms with Crippen LogP contribution in [0.3, 0.4) is 0 Å². The number of nitrogens with one attached hydrogen (secondary N) is 2. The number of hydrogen-bond donors (Lipinski definition) is 2. The molecule has 0 unspecified atom stereocenters. The molecule has 38 heavy (non-hydrogen) atoms. The Bertz CT molecular complexity index is 1480. The van der Waals surface area contributed by atoms with E-state index in [1.165, 1.54) is 42.5 Å². The van der Waals surface area contributed by atoms with Gasteiger partial charge in [0.05, 0.1) is 15.7 Å². The highest BCUT2D eigenvalue weighted by atomic mass is 35.5. The maximum absolute atomic E-state index is 13.0. The normalized spacial score (nSPS) is 14.5. The number of anilines is 2. The number of halogens is 3. The maximum atomic E-state index is 13.0. The van der Waals surface area contributed by atoms with Crippen molar-refractivity contribution in [3.8, 4) is 5.75 Å². The van der Waals surface area contributed by atoms with E-state index in [4.69, 9.17) is 39.5 Å². The first-order valence-electron chi connectivity index (χ1n) is 11.2. The van der Waals surface area contributed by atoms with Gasteiger partial charge in [-0.25, -0.2) is 9.69 Å². The van der Waals surface area contributed by atoms with Crippen LogP contribution in [-0.2, 0) is 14.4 Å². The Balaban J connectivity index is 1.51. The number of imide groups is 2. The number of nitrogens with zero attached hydrogens (tertiary/aromatic N) is 1. The minimum atomic E-state index is -0.890. The Morgan fingerprint density at radius 3 is 2.24 bits per heavy atom. The zero-order valence-electron chi connectivity index (χ0n) is 20.1. The molecular weight excluding hydrogens is 553 g/mol. The van der Waals surface area contributed by atoms with Crippen LogP contribution in [0.15, 0.2) is 60.2 Å². The topological polar surface area (TPSA) is 105 Å². The van der Waals surface area contributed by atoms with E-state index in [1.807, 2.05) is 26.0 Å². The van der Waals surface area contributed by atoms with Gasteiger partial charge in [0.1, 0.15) is 5.57 Å². The number of ether oxygens (including phenoxy) is 1. The lowest BCUT2D eigenvalue weighted by Gasteiger charge is -2.26. The third-order valence-corrected chi connectivity index (χ3v) is 6.47. The van der Waals surface area contributed by atoms with Crippen LogP contribution in [0, 0.1) is 13.8 Å². The SMILES string of the molecule is Cc1ccc(NC(=O)COc2c(Cl)cc(/C=C3/C(=O)NC(=O)N(c4ccc(Cl)cc4)C3=O)cc2Cl)cc1C. The maximum Gasteiger partial charge on any atom is 0.335 e. The van der Waals surface area contributed by atoms with Crippen molar-refractivity contribution in [3.05, 3.63) is 91.9 Å². The molecule has 1 fully saturated rings. The summed E-state index contributed by atoms with van der Waals surface area (Å²) in [7, 11) is 0. The highest BCUT2D eigenvalue weighted by molar-refractivity contribution is 6.40. The monoisotopic (exact) mass is 571 g/mol. The number of hydrogen-bond acceptors (Lipinski definition) is 5. The van der Waals surface area contributed by atoms with E-state index < -0.39 is 23.8 Å². The third kappa shape index (κ3) is 5.99. The Labute approximate surface area is 233 Å². The Kier molecular flexibility index (Phi) is 8.06. The summed E-state index contributed by atoms with van der Waals surface area (Å²) < 4.78 is 5.53. The van der Waals surface area contributed by atoms with Crippen LogP contribution in [-0.4, -0.2) is 30.4 Å². The van der Waals surface area contributed by atoms with E-state index >= 15 is 0 Å². The first-order chi connectivity index (χ1) is 18.0. The summed E-state index contributed by atoms with van der Waals surface area (Å²) in [6.07, 6.45) is 1.25. The second-order valence-corrected chi connectivity index (χ2v) is 9.63. The van der Waals surface area contributed by atoms with Gasteiger partial charge in [-0.2, -0.15) is 0 Å². The fourth-order valence-corrected chi connectivity index (χ4v) is 4.34. The van der Waals surface area contributed by atoms with Crippen LogP contribution in [0.5, 0.6) is 5.75 Å². The van der Waals surface area contributed by atoms with E-state index in [-0.39, 0.29) is 33.7 Å². The van der Waals surface area contributed by atoms with Crippen molar-refractivity contribution < 1.29 is 23.9 Å². The molecule has 1 aliphatic rings. The van der Waals surface area contributed by atoms with Crippen molar-refractivity contribution in [1.82, 2.24) is 5.32 Å². The molecule has 3 aromatic carbocycles. The summed E-state index contributed by atoms with van der Waals surface area (Å²) in [4.78, 5) is 51.0. The Morgan fingerprint density at radius 2 is 1.61 bits per heavy atom. The molecule has 1 saturated heterocycles. The average molecular weight is 573 g/mol. The van der Waals surface area contributed by atoms with Gasteiger partial charge in [0.15, 0.2) is 12.4 Å². The highest BCUT2D eigenvalue weighted by Crippen LogP contribution is 2.35. The number of aryl methyl sites for hydroxylation is 2. The van der Waals surface area contributed by atoms with Crippen molar-refractivity contribution in [2.75, 3.05) is 16.8 Å². The second-order valence-electron chi connectivity index (χ2n) is 8.38. The molecular formula is C27H20Cl3N3O5. The van der Waals surface area contributed by atoms with Crippen LogP contribution in [0.1, 0.15) is 16.7 Å². The molecule has 4 rings (SSSR count). The van der Waals surface area contributed by atoms with Crippen LogP contribution >= 0.6 is 34.8 Å². The lowest BCUT2D eigenvalue weighted by molar-refractivity contribution is -0.122. The lowest BCUT2D eigenvalue weighted by atomic mass is 10.1. The summed E-state index contributed by atoms with van der Waals surface area (Å²) in [5, 5.41) is 5.39. The number of urea groups is 1. The van der Waals surface area contributed by atoms with Crippen LogP contribution in [0.25, 0.3) is 6.08 Å². The number of carbonyl (C=O) groups is 4. The molecule has 0 spiro atoms. The van der Waals surface area contributed by atoms with Crippen LogP contribution in [0.4, 0.5) is 16.2 Å². The Hall–Kier alpha value is -3.85. The number of carbonyl (C=O) groups excluding carboxylic acids is 4. The van der Waals surface area contributed by atoms with Gasteiger partial charge < -0.3 is 10.1 Å². The smallest absolute Gasteiger partial charge is 0.335 e. The van der Waals surface area contributed by atoms with Gasteiger partial charge in [0.2, 0.25) is 0 Å². The molecule has 1 heterocycles. The largest absolute Gasteiger partial charge is 0.481 e. The van der Waals surface area contributed by atoms with Gasteiger partial charge in [-0.3, -0.25) is 19.7 Å². The predicted molar refractivity (Wildman–Crippen MR) is 147 cm³/mol. The molecule has 0 radical (unpaired) electrons. The number of benzene rings is 3. The zero-order valence-corrected chi connectivity index (χ0v) is 22.4. The average Bonchev–Trinajstić information content (AvgIpc) is 2.84. The molecule has 11 heteroatoms. The van der Waals surface area contributed by atoms with Gasteiger partial charge in [-0.1, -0.05) is 40.9 Å². The molecule has 5 amide bonds. The highest BCUT2D eigenvalue weighted by Gasteiger charge is 2.36. The van der Waals surface area contributed by atoms with Crippen LogP contribution in [0.2, 0.25) is 15.1 Å². The minimum absolute atomic E-state index is 0.0534. The van der Waals surface area contributed by atoms with Gasteiger partial charge in [0.25, 0.3) is 17.7 Å². The first-order valence-corrected chi connectivity index (χ1v) is 12.3. The summed E-state index contributed by atoms with van der Waals surface area (Å²) in [6.45, 7) is 3.56. The van der Waals surface area contributed by atoms with E-state index in [9.17, 15) is 19.2 Å². The van der Waals surface area contributed by atoms with Gasteiger partial charge in [-0.05, 0) is 85.1 Å². The van der Waals surface area contributed by atoms with Crippen molar-refractivity contribution in [1.29, 1.82) is 0 Å². The van der Waals surface area contributed by atoms with Crippen molar-refractivity contribution in [3.63, 3.8) is 0 Å². The number of amides is 5. The molecule has 0 bridgehead atoms. The molecule has 194 valence electrons. The standard InChI is InChI=1S/C27H20Cl3N3O5/c1-14-3-6-18(9-15(14)2)31-23(34)13-38-24-21(29)11-16(12-22(24)30)10-20-25(35)32-27(37)33(26(20)36)19-7-4-17(28)5-8-19/h3-12H,13H2,1-2H3,(H,31,34)(H,32,35,37)/b20-10-. The van der Waals surface area contributed by atoms with Gasteiger partial charge in [0, 0.05) is 10.7 Å². The fraction of sp³-hybridized carbons (Fsp3) is 0.111. The molecule has 0 atom stereocenters. The third-order valence-electron chi connectivity index (χ3n) is 5.66. The summed E-state index contributed by atoms with van der Waals surface area (Å²) >= 11 is 18.6. The summed E-state index contributed by atoms with van der Waals surface area (Å²) in [5.74, 6) is -2.07. The fourth-order valence-electron chi connectivity index (χ4n) is 3.60. The second kappa shape index (κ2) is 11.3. The van der Waals surface area contributed by atoms with E-state index in [1.54, 1.807) is 6.07 Å². The van der Waals surface area contributed by atoms with E-state index in [0.717, 1.165) is 16.0 Å². The first kappa shape index (κ1) is 27.2. The zero-order chi connectivity index (χ0) is 27.6. The Morgan fingerprint density at radius 1 is 0.947 bits per heavy atom. The van der Waals surface area contributed by atoms with Crippen molar-refractivity contribution in [2.24, 2.45) is 0 Å². The van der Waals surface area contributed by atoms with Crippen molar-refractivity contribution >= 4 is 76.0 Å². The quantitative estimate of drug-likeness (QED) is 0.281. The molecule has 0 saturated carbocycles. The molecule has 8 nitrogen and oxygen atoms in total. The number of rotatable bonds is 6. The van der Waals surface area contributed by atoms with E-state index in [0.29, 0.717) is 16.3 Å². The summed E-state index contributed by atoms with van der Waals surface area (Å²) in [5.41, 5.74) is 2.98. The van der Waals surface area contributed by atoms with Gasteiger partial charge >= 0.3 is 6.03 Å². The van der Waals surface area contributed by atoms with Gasteiger partial charge in [-0.15, -0.1) is 0 Å². The summed E-state index contributed by atoms with van der Waals surface area (Å²) in [6, 6.07) is 13.4. The molecule has 0 aromatic heterocycles. The van der Waals surface area contributed by atoms with Crippen molar-refractivity contribution in [2.45, 2.75) is 13.8 Å². The minimum Gasteiger partial charge on any atom is -0.481 e. The molecule has 2 N–H and O–H groups in total. The van der Waals surface area contributed by atoms with E-state index in [2.05, 4.69) is 10.6 Å². The van der Waals surface area contributed by atoms with Crippen LogP contribution < -0.4 is 20.3 Å². The molecule has 1 aliphatic heterocycles. The molecule has 0 aliphatic carbocycles. The number of barbiturate groups is 1. The molecule has 3 aromatic rings. The predicted octanol–water partition coefficient (Wildman–Crippen LogP) is 5.95. The lowest BCUT2D eigenvalue weighted by Crippen LogP contribution is -2.54.